The van der Waals surface area contributed by atoms with Crippen molar-refractivity contribution in [2.45, 2.75) is 37.6 Å². The summed E-state index contributed by atoms with van der Waals surface area (Å²) in [4.78, 5) is 0.194. The number of benzene rings is 2. The van der Waals surface area contributed by atoms with Crippen LogP contribution in [0.5, 0.6) is 11.5 Å². The summed E-state index contributed by atoms with van der Waals surface area (Å²) in [5.74, 6) is 1.31. The van der Waals surface area contributed by atoms with E-state index in [9.17, 15) is 16.8 Å². The van der Waals surface area contributed by atoms with E-state index in [2.05, 4.69) is 0 Å². The van der Waals surface area contributed by atoms with E-state index in [0.29, 0.717) is 48.7 Å². The fraction of sp³-hybridized carbons (Fsp3) is 0.455. The number of rotatable bonds is 5. The molecule has 174 valence electrons. The third-order valence-corrected chi connectivity index (χ3v) is 9.97. The van der Waals surface area contributed by atoms with E-state index >= 15 is 0 Å². The van der Waals surface area contributed by atoms with E-state index in [1.165, 1.54) is 14.7 Å². The summed E-state index contributed by atoms with van der Waals surface area (Å²) in [6, 6.07) is 8.49. The Bertz CT molecular complexity index is 1240. The lowest BCUT2D eigenvalue weighted by Gasteiger charge is -2.30. The Labute approximate surface area is 189 Å². The fourth-order valence-corrected chi connectivity index (χ4v) is 7.61. The molecule has 1 saturated heterocycles. The Morgan fingerprint density at radius 3 is 2.25 bits per heavy atom. The first-order valence-electron chi connectivity index (χ1n) is 10.5. The predicted molar refractivity (Wildman–Crippen MR) is 122 cm³/mol. The van der Waals surface area contributed by atoms with Crippen molar-refractivity contribution >= 4 is 25.7 Å². The van der Waals surface area contributed by atoms with Crippen LogP contribution in [0.2, 0.25) is 0 Å². The predicted octanol–water partition coefficient (Wildman–Crippen LogP) is 2.69. The van der Waals surface area contributed by atoms with Crippen LogP contribution in [0.3, 0.4) is 0 Å². The topological polar surface area (TPSA) is 93.2 Å². The highest BCUT2D eigenvalue weighted by Crippen LogP contribution is 2.35. The molecule has 0 unspecified atom stereocenters. The number of sulfonamides is 2. The van der Waals surface area contributed by atoms with Gasteiger partial charge in [-0.3, -0.25) is 4.31 Å². The van der Waals surface area contributed by atoms with E-state index in [0.717, 1.165) is 17.5 Å². The van der Waals surface area contributed by atoms with Crippen molar-refractivity contribution in [2.24, 2.45) is 0 Å². The van der Waals surface area contributed by atoms with Gasteiger partial charge in [0.1, 0.15) is 0 Å². The zero-order chi connectivity index (χ0) is 23.1. The highest BCUT2D eigenvalue weighted by atomic mass is 32.2. The molecule has 32 heavy (non-hydrogen) atoms. The molecule has 2 aliphatic rings. The molecule has 1 fully saturated rings. The molecule has 2 aromatic rings. The molecule has 0 N–H and O–H groups in total. The molecule has 0 aromatic heterocycles. The van der Waals surface area contributed by atoms with Crippen LogP contribution in [-0.4, -0.2) is 54.2 Å². The number of anilines is 1. The van der Waals surface area contributed by atoms with Gasteiger partial charge in [-0.15, -0.1) is 0 Å². The van der Waals surface area contributed by atoms with Gasteiger partial charge < -0.3 is 9.47 Å². The minimum atomic E-state index is -3.75. The smallest absolute Gasteiger partial charge is 0.243 e. The number of fused-ring (bicyclic) bond motifs is 1. The zero-order valence-electron chi connectivity index (χ0n) is 18.5. The van der Waals surface area contributed by atoms with E-state index in [-0.39, 0.29) is 17.2 Å². The summed E-state index contributed by atoms with van der Waals surface area (Å²) in [5.41, 5.74) is 2.96. The molecule has 0 radical (unpaired) electrons. The van der Waals surface area contributed by atoms with Crippen molar-refractivity contribution in [1.82, 2.24) is 4.31 Å². The maximum Gasteiger partial charge on any atom is 0.243 e. The van der Waals surface area contributed by atoms with Gasteiger partial charge in [0.05, 0.1) is 30.6 Å². The van der Waals surface area contributed by atoms with Crippen molar-refractivity contribution in [3.8, 4) is 11.5 Å². The molecule has 10 heteroatoms. The van der Waals surface area contributed by atoms with Gasteiger partial charge in [0.25, 0.3) is 0 Å². The average molecular weight is 481 g/mol. The molecule has 2 heterocycles. The number of hydrogen-bond acceptors (Lipinski definition) is 6. The van der Waals surface area contributed by atoms with Crippen LogP contribution in [0.25, 0.3) is 0 Å². The summed E-state index contributed by atoms with van der Waals surface area (Å²) >= 11 is 0. The van der Waals surface area contributed by atoms with Crippen LogP contribution in [-0.2, 0) is 33.0 Å². The SMILES string of the molecule is COc1cc2c(cc1OC)CN(S(=O)(=O)c1ccc(N3CCCCS3(=O)=O)cc1C)CC2. The minimum Gasteiger partial charge on any atom is -0.493 e. The normalized spacial score (nSPS) is 18.8. The Morgan fingerprint density at radius 2 is 1.62 bits per heavy atom. The summed E-state index contributed by atoms with van der Waals surface area (Å²) in [6.07, 6.45) is 2.01. The lowest BCUT2D eigenvalue weighted by atomic mass is 10.0. The molecule has 0 saturated carbocycles. The summed E-state index contributed by atoms with van der Waals surface area (Å²) < 4.78 is 65.3. The van der Waals surface area contributed by atoms with E-state index in [4.69, 9.17) is 9.47 Å². The first-order valence-corrected chi connectivity index (χ1v) is 13.6. The van der Waals surface area contributed by atoms with Crippen LogP contribution in [0.4, 0.5) is 5.69 Å². The molecule has 0 atom stereocenters. The highest BCUT2D eigenvalue weighted by Gasteiger charge is 2.32. The van der Waals surface area contributed by atoms with Crippen LogP contribution >= 0.6 is 0 Å². The molecule has 0 aliphatic carbocycles. The van der Waals surface area contributed by atoms with Gasteiger partial charge in [-0.05, 0) is 73.2 Å². The lowest BCUT2D eigenvalue weighted by molar-refractivity contribution is 0.348. The van der Waals surface area contributed by atoms with Gasteiger partial charge >= 0.3 is 0 Å². The van der Waals surface area contributed by atoms with Gasteiger partial charge in [0.15, 0.2) is 11.5 Å². The molecule has 0 bridgehead atoms. The number of aryl methyl sites for hydroxylation is 1. The molecular formula is C22H28N2O6S2. The Morgan fingerprint density at radius 1 is 0.938 bits per heavy atom. The van der Waals surface area contributed by atoms with Crippen molar-refractivity contribution in [2.75, 3.05) is 37.4 Å². The quantitative estimate of drug-likeness (QED) is 0.653. The van der Waals surface area contributed by atoms with Crippen molar-refractivity contribution in [3.63, 3.8) is 0 Å². The van der Waals surface area contributed by atoms with E-state index in [1.807, 2.05) is 12.1 Å². The Balaban J connectivity index is 1.63. The second-order valence-corrected chi connectivity index (χ2v) is 12.0. The summed E-state index contributed by atoms with van der Waals surface area (Å²) in [7, 11) is -3.98. The first kappa shape index (κ1) is 22.9. The van der Waals surface area contributed by atoms with Crippen molar-refractivity contribution in [3.05, 3.63) is 47.0 Å². The molecular weight excluding hydrogens is 452 g/mol. The summed E-state index contributed by atoms with van der Waals surface area (Å²) in [6.45, 7) is 2.72. The maximum absolute atomic E-state index is 13.4. The number of hydrogen-bond donors (Lipinski definition) is 0. The third kappa shape index (κ3) is 4.06. The number of methoxy groups -OCH3 is 2. The summed E-state index contributed by atoms with van der Waals surface area (Å²) in [5, 5.41) is 0. The molecule has 2 aliphatic heterocycles. The molecule has 2 aromatic carbocycles. The molecule has 8 nitrogen and oxygen atoms in total. The Kier molecular flexibility index (Phi) is 6.12. The highest BCUT2D eigenvalue weighted by molar-refractivity contribution is 7.92. The van der Waals surface area contributed by atoms with Gasteiger partial charge in [-0.1, -0.05) is 0 Å². The van der Waals surface area contributed by atoms with E-state index < -0.39 is 20.0 Å². The minimum absolute atomic E-state index is 0.119. The van der Waals surface area contributed by atoms with Crippen LogP contribution in [0.1, 0.15) is 29.5 Å². The Hall–Kier alpha value is -2.30. The van der Waals surface area contributed by atoms with Gasteiger partial charge in [-0.2, -0.15) is 4.31 Å². The van der Waals surface area contributed by atoms with Crippen molar-refractivity contribution in [1.29, 1.82) is 0 Å². The number of ether oxygens (including phenoxy) is 2. The van der Waals surface area contributed by atoms with Gasteiger partial charge in [0.2, 0.25) is 20.0 Å². The monoisotopic (exact) mass is 480 g/mol. The van der Waals surface area contributed by atoms with E-state index in [1.54, 1.807) is 33.3 Å². The second-order valence-electron chi connectivity index (χ2n) is 8.11. The third-order valence-electron chi connectivity index (χ3n) is 6.10. The van der Waals surface area contributed by atoms with Crippen molar-refractivity contribution < 1.29 is 26.3 Å². The van der Waals surface area contributed by atoms with Gasteiger partial charge in [0, 0.05) is 19.6 Å². The zero-order valence-corrected chi connectivity index (χ0v) is 20.1. The average Bonchev–Trinajstić information content (AvgIpc) is 2.77. The van der Waals surface area contributed by atoms with Crippen LogP contribution in [0.15, 0.2) is 35.2 Å². The van der Waals surface area contributed by atoms with Crippen LogP contribution in [0, 0.1) is 6.92 Å². The second kappa shape index (κ2) is 8.57. The lowest BCUT2D eigenvalue weighted by Crippen LogP contribution is -2.38. The molecule has 4 rings (SSSR count). The molecule has 0 spiro atoms. The largest absolute Gasteiger partial charge is 0.493 e. The first-order chi connectivity index (χ1) is 15.2. The van der Waals surface area contributed by atoms with Crippen LogP contribution < -0.4 is 13.8 Å². The fourth-order valence-electron chi connectivity index (χ4n) is 4.36. The standard InChI is InChI=1S/C22H28N2O6S2/c1-16-12-19(24-9-4-5-11-31(24,25)26)6-7-22(16)32(27,28)23-10-8-17-13-20(29-2)21(30-3)14-18(17)15-23/h6-7,12-14H,4-5,8-11,15H2,1-3H3. The molecule has 0 amide bonds. The van der Waals surface area contributed by atoms with Gasteiger partial charge in [-0.25, -0.2) is 16.8 Å². The number of nitrogens with zero attached hydrogens (tertiary/aromatic N) is 2. The maximum atomic E-state index is 13.4.